The van der Waals surface area contributed by atoms with Crippen LogP contribution in [0.25, 0.3) is 0 Å². The van der Waals surface area contributed by atoms with Gasteiger partial charge in [0.1, 0.15) is 5.82 Å². The normalized spacial score (nSPS) is 10.8. The standard InChI is InChI=1S/C7H12N2O/c1-5(2)9-4-7(10)8-6(9)3/h4-5,10H,1-3H3. The second-order valence-corrected chi connectivity index (χ2v) is 2.65. The highest BCUT2D eigenvalue weighted by atomic mass is 16.3. The van der Waals surface area contributed by atoms with Crippen molar-refractivity contribution in [1.29, 1.82) is 0 Å². The summed E-state index contributed by atoms with van der Waals surface area (Å²) >= 11 is 0. The van der Waals surface area contributed by atoms with Crippen LogP contribution in [0, 0.1) is 6.92 Å². The maximum absolute atomic E-state index is 8.95. The first-order chi connectivity index (χ1) is 4.61. The Balaban J connectivity index is 3.03. The topological polar surface area (TPSA) is 38.1 Å². The van der Waals surface area contributed by atoms with Gasteiger partial charge >= 0.3 is 0 Å². The van der Waals surface area contributed by atoms with Crippen molar-refractivity contribution in [3.8, 4) is 5.88 Å². The van der Waals surface area contributed by atoms with E-state index in [1.807, 2.05) is 25.3 Å². The minimum Gasteiger partial charge on any atom is -0.492 e. The lowest BCUT2D eigenvalue weighted by atomic mass is 10.4. The third-order valence-corrected chi connectivity index (χ3v) is 1.46. The van der Waals surface area contributed by atoms with E-state index in [2.05, 4.69) is 4.98 Å². The summed E-state index contributed by atoms with van der Waals surface area (Å²) < 4.78 is 1.93. The quantitative estimate of drug-likeness (QED) is 0.641. The van der Waals surface area contributed by atoms with E-state index in [1.165, 1.54) is 0 Å². The summed E-state index contributed by atoms with van der Waals surface area (Å²) in [5, 5.41) is 8.95. The zero-order chi connectivity index (χ0) is 7.72. The largest absolute Gasteiger partial charge is 0.492 e. The van der Waals surface area contributed by atoms with Crippen molar-refractivity contribution in [2.75, 3.05) is 0 Å². The molecule has 1 aromatic rings. The number of hydrogen-bond donors (Lipinski definition) is 1. The lowest BCUT2D eigenvalue weighted by Crippen LogP contribution is -2.00. The number of aromatic nitrogens is 2. The molecule has 3 heteroatoms. The second kappa shape index (κ2) is 2.33. The molecule has 1 N–H and O–H groups in total. The van der Waals surface area contributed by atoms with Crippen molar-refractivity contribution in [2.24, 2.45) is 0 Å². The minimum absolute atomic E-state index is 0.103. The van der Waals surface area contributed by atoms with Gasteiger partial charge in [-0.05, 0) is 20.8 Å². The zero-order valence-electron chi connectivity index (χ0n) is 6.50. The first-order valence-corrected chi connectivity index (χ1v) is 3.35. The molecule has 0 saturated carbocycles. The molecule has 0 aromatic carbocycles. The maximum Gasteiger partial charge on any atom is 0.229 e. The van der Waals surface area contributed by atoms with Gasteiger partial charge in [0.2, 0.25) is 5.88 Å². The maximum atomic E-state index is 8.95. The molecule has 0 radical (unpaired) electrons. The van der Waals surface area contributed by atoms with Gasteiger partial charge in [-0.25, -0.2) is 0 Å². The van der Waals surface area contributed by atoms with Gasteiger partial charge in [-0.2, -0.15) is 4.98 Å². The minimum atomic E-state index is 0.103. The Morgan fingerprint density at radius 3 is 2.40 bits per heavy atom. The molecule has 1 rings (SSSR count). The van der Waals surface area contributed by atoms with E-state index in [-0.39, 0.29) is 5.88 Å². The summed E-state index contributed by atoms with van der Waals surface area (Å²) in [4.78, 5) is 3.85. The summed E-state index contributed by atoms with van der Waals surface area (Å²) in [5.74, 6) is 0.957. The summed E-state index contributed by atoms with van der Waals surface area (Å²) in [6.45, 7) is 5.97. The Kier molecular flexibility index (Phi) is 1.66. The molecule has 1 aromatic heterocycles. The fourth-order valence-electron chi connectivity index (χ4n) is 0.993. The van der Waals surface area contributed by atoms with E-state index < -0.39 is 0 Å². The van der Waals surface area contributed by atoms with E-state index in [4.69, 9.17) is 5.11 Å². The first kappa shape index (κ1) is 7.12. The van der Waals surface area contributed by atoms with Crippen molar-refractivity contribution in [3.63, 3.8) is 0 Å². The molecular weight excluding hydrogens is 128 g/mol. The molecule has 0 atom stereocenters. The van der Waals surface area contributed by atoms with Gasteiger partial charge < -0.3 is 9.67 Å². The molecule has 0 spiro atoms. The van der Waals surface area contributed by atoms with Crippen molar-refractivity contribution >= 4 is 0 Å². The fourth-order valence-corrected chi connectivity index (χ4v) is 0.993. The number of nitrogens with zero attached hydrogens (tertiary/aromatic N) is 2. The van der Waals surface area contributed by atoms with Crippen LogP contribution in [0.1, 0.15) is 25.7 Å². The summed E-state index contributed by atoms with van der Waals surface area (Å²) in [5.41, 5.74) is 0. The van der Waals surface area contributed by atoms with Gasteiger partial charge in [-0.15, -0.1) is 0 Å². The van der Waals surface area contributed by atoms with E-state index in [0.29, 0.717) is 6.04 Å². The number of rotatable bonds is 1. The van der Waals surface area contributed by atoms with Gasteiger partial charge in [0.05, 0.1) is 6.20 Å². The van der Waals surface area contributed by atoms with E-state index in [1.54, 1.807) is 6.20 Å². The molecular formula is C7H12N2O. The third kappa shape index (κ3) is 1.12. The Morgan fingerprint density at radius 2 is 2.20 bits per heavy atom. The zero-order valence-corrected chi connectivity index (χ0v) is 6.50. The first-order valence-electron chi connectivity index (χ1n) is 3.35. The van der Waals surface area contributed by atoms with Gasteiger partial charge in [0, 0.05) is 6.04 Å². The Hall–Kier alpha value is -0.990. The lowest BCUT2D eigenvalue weighted by molar-refractivity contribution is 0.454. The molecule has 0 aliphatic heterocycles. The number of aromatic hydroxyl groups is 1. The van der Waals surface area contributed by atoms with Crippen molar-refractivity contribution in [3.05, 3.63) is 12.0 Å². The number of imidazole rings is 1. The highest BCUT2D eigenvalue weighted by Gasteiger charge is 2.03. The predicted molar refractivity (Wildman–Crippen MR) is 39.0 cm³/mol. The van der Waals surface area contributed by atoms with Crippen LogP contribution in [0.3, 0.4) is 0 Å². The fraction of sp³-hybridized carbons (Fsp3) is 0.571. The van der Waals surface area contributed by atoms with Crippen LogP contribution < -0.4 is 0 Å². The van der Waals surface area contributed by atoms with Crippen LogP contribution in [0.4, 0.5) is 0 Å². The molecule has 0 saturated heterocycles. The highest BCUT2D eigenvalue weighted by Crippen LogP contribution is 2.13. The average Bonchev–Trinajstić information content (AvgIpc) is 2.10. The lowest BCUT2D eigenvalue weighted by Gasteiger charge is -2.06. The smallest absolute Gasteiger partial charge is 0.229 e. The van der Waals surface area contributed by atoms with E-state index in [0.717, 1.165) is 5.82 Å². The Labute approximate surface area is 60.3 Å². The summed E-state index contributed by atoms with van der Waals surface area (Å²) in [6, 6.07) is 0.369. The SMILES string of the molecule is Cc1nc(O)cn1C(C)C. The van der Waals surface area contributed by atoms with Gasteiger partial charge in [0.15, 0.2) is 0 Å². The molecule has 0 aliphatic carbocycles. The van der Waals surface area contributed by atoms with E-state index in [9.17, 15) is 0 Å². The van der Waals surface area contributed by atoms with Crippen LogP contribution in [-0.4, -0.2) is 14.7 Å². The number of aryl methyl sites for hydroxylation is 1. The second-order valence-electron chi connectivity index (χ2n) is 2.65. The summed E-state index contributed by atoms with van der Waals surface area (Å²) in [6.07, 6.45) is 1.64. The summed E-state index contributed by atoms with van der Waals surface area (Å²) in [7, 11) is 0. The van der Waals surface area contributed by atoms with Crippen LogP contribution >= 0.6 is 0 Å². The monoisotopic (exact) mass is 140 g/mol. The third-order valence-electron chi connectivity index (χ3n) is 1.46. The number of hydrogen-bond acceptors (Lipinski definition) is 2. The Morgan fingerprint density at radius 1 is 1.60 bits per heavy atom. The highest BCUT2D eigenvalue weighted by molar-refractivity contribution is 5.07. The molecule has 56 valence electrons. The molecule has 0 aliphatic rings. The van der Waals surface area contributed by atoms with Crippen molar-refractivity contribution in [2.45, 2.75) is 26.8 Å². The van der Waals surface area contributed by atoms with E-state index >= 15 is 0 Å². The molecule has 10 heavy (non-hydrogen) atoms. The van der Waals surface area contributed by atoms with Gasteiger partial charge in [0.25, 0.3) is 0 Å². The van der Waals surface area contributed by atoms with Crippen LogP contribution in [0.5, 0.6) is 5.88 Å². The van der Waals surface area contributed by atoms with Gasteiger partial charge in [-0.3, -0.25) is 0 Å². The molecule has 3 nitrogen and oxygen atoms in total. The molecule has 0 fully saturated rings. The molecule has 0 bridgehead atoms. The van der Waals surface area contributed by atoms with Crippen molar-refractivity contribution in [1.82, 2.24) is 9.55 Å². The van der Waals surface area contributed by atoms with Gasteiger partial charge in [-0.1, -0.05) is 0 Å². The van der Waals surface area contributed by atoms with Crippen LogP contribution in [-0.2, 0) is 0 Å². The Bertz CT molecular complexity index is 228. The average molecular weight is 140 g/mol. The van der Waals surface area contributed by atoms with Crippen molar-refractivity contribution < 1.29 is 5.11 Å². The van der Waals surface area contributed by atoms with Crippen LogP contribution in [0.2, 0.25) is 0 Å². The van der Waals surface area contributed by atoms with Crippen LogP contribution in [0.15, 0.2) is 6.20 Å². The predicted octanol–water partition coefficient (Wildman–Crippen LogP) is 1.48. The molecule has 1 heterocycles. The molecule has 0 unspecified atom stereocenters. The molecule has 0 amide bonds.